The largest absolute Gasteiger partial charge is 0.0620 e. The first-order valence-electron chi connectivity index (χ1n) is 5.24. The van der Waals surface area contributed by atoms with Gasteiger partial charge in [0.05, 0.1) is 0 Å². The average molecular weight is 177 g/mol. The van der Waals surface area contributed by atoms with Crippen molar-refractivity contribution in [3.8, 4) is 0 Å². The summed E-state index contributed by atoms with van der Waals surface area (Å²) < 4.78 is 0. The van der Waals surface area contributed by atoms with E-state index in [0.717, 1.165) is 0 Å². The summed E-state index contributed by atoms with van der Waals surface area (Å²) in [4.78, 5) is 0. The summed E-state index contributed by atoms with van der Waals surface area (Å²) in [5.74, 6) is 0. The van der Waals surface area contributed by atoms with Crippen molar-refractivity contribution in [2.75, 3.05) is 0 Å². The molecule has 1 heteroatoms. The van der Waals surface area contributed by atoms with Crippen molar-refractivity contribution in [3.05, 3.63) is 41.0 Å². The molecule has 0 bridgehead atoms. The molecule has 1 aromatic carbocycles. The van der Waals surface area contributed by atoms with Crippen LogP contribution in [-0.4, -0.2) is 18.9 Å². The minimum absolute atomic E-state index is 0. The number of hydrogen-bond donors (Lipinski definition) is 0. The van der Waals surface area contributed by atoms with Crippen LogP contribution in [0, 0.1) is 0 Å². The summed E-state index contributed by atoms with van der Waals surface area (Å²) in [6.45, 7) is 0. The van der Waals surface area contributed by atoms with E-state index in [4.69, 9.17) is 0 Å². The van der Waals surface area contributed by atoms with Gasteiger partial charge in [0.2, 0.25) is 0 Å². The molecule has 1 radical (unpaired) electrons. The molecule has 0 spiro atoms. The van der Waals surface area contributed by atoms with Crippen LogP contribution in [0.4, 0.5) is 0 Å². The van der Waals surface area contributed by atoms with E-state index in [-0.39, 0.29) is 18.9 Å². The third-order valence-electron chi connectivity index (χ3n) is 3.33. The van der Waals surface area contributed by atoms with Gasteiger partial charge in [-0.3, -0.25) is 0 Å². The Bertz CT molecular complexity index is 377. The van der Waals surface area contributed by atoms with E-state index >= 15 is 0 Å². The van der Waals surface area contributed by atoms with Crippen molar-refractivity contribution in [2.24, 2.45) is 0 Å². The average Bonchev–Trinajstić information content (AvgIpc) is 2.56. The molecule has 0 saturated carbocycles. The molecule has 1 aromatic rings. The molecular formula is C13H14Li. The molecule has 67 valence electrons. The fourth-order valence-corrected chi connectivity index (χ4v) is 2.69. The monoisotopic (exact) mass is 177 g/mol. The Morgan fingerprint density at radius 1 is 0.929 bits per heavy atom. The molecule has 0 unspecified atom stereocenters. The first kappa shape index (κ1) is 10.1. The van der Waals surface area contributed by atoms with Crippen LogP contribution in [0.15, 0.2) is 29.8 Å². The molecule has 0 amide bonds. The number of allylic oxidation sites excluding steroid dienone is 2. The van der Waals surface area contributed by atoms with Crippen molar-refractivity contribution >= 4 is 24.4 Å². The van der Waals surface area contributed by atoms with Crippen molar-refractivity contribution in [2.45, 2.75) is 32.1 Å². The molecule has 0 heterocycles. The van der Waals surface area contributed by atoms with Crippen LogP contribution in [-0.2, 0) is 6.42 Å². The SMILES string of the molecule is [Li].c1ccc2c(c1)CC1=C2CCCC1. The molecule has 0 saturated heterocycles. The summed E-state index contributed by atoms with van der Waals surface area (Å²) >= 11 is 0. The molecule has 0 N–H and O–H groups in total. The van der Waals surface area contributed by atoms with E-state index in [9.17, 15) is 0 Å². The second-order valence-electron chi connectivity index (χ2n) is 4.12. The summed E-state index contributed by atoms with van der Waals surface area (Å²) in [5, 5.41) is 0. The smallest absolute Gasteiger partial charge is 0 e. The Morgan fingerprint density at radius 3 is 2.64 bits per heavy atom. The normalized spacial score (nSPS) is 18.6. The number of hydrogen-bond acceptors (Lipinski definition) is 0. The molecule has 2 aliphatic carbocycles. The van der Waals surface area contributed by atoms with E-state index in [1.54, 1.807) is 22.3 Å². The Hall–Kier alpha value is -0.443. The van der Waals surface area contributed by atoms with Crippen LogP contribution in [0.1, 0.15) is 36.8 Å². The molecule has 0 aromatic heterocycles. The number of rotatable bonds is 0. The van der Waals surface area contributed by atoms with E-state index in [2.05, 4.69) is 24.3 Å². The Labute approximate surface area is 97.6 Å². The molecule has 14 heavy (non-hydrogen) atoms. The zero-order valence-electron chi connectivity index (χ0n) is 8.84. The summed E-state index contributed by atoms with van der Waals surface area (Å²) in [7, 11) is 0. The van der Waals surface area contributed by atoms with Crippen LogP contribution in [0.3, 0.4) is 0 Å². The van der Waals surface area contributed by atoms with Crippen LogP contribution in [0.5, 0.6) is 0 Å². The quantitative estimate of drug-likeness (QED) is 0.534. The van der Waals surface area contributed by atoms with Crippen molar-refractivity contribution in [1.82, 2.24) is 0 Å². The standard InChI is InChI=1S/C13H14.Li/c1-3-7-12-10(5-1)9-11-6-2-4-8-13(11)12;/h1,3,5,7H,2,4,6,8-9H2;. The van der Waals surface area contributed by atoms with E-state index < -0.39 is 0 Å². The molecular weight excluding hydrogens is 163 g/mol. The predicted octanol–water partition coefficient (Wildman–Crippen LogP) is 3.19. The Balaban J connectivity index is 0.000000750. The van der Waals surface area contributed by atoms with Gasteiger partial charge in [-0.15, -0.1) is 0 Å². The number of benzene rings is 1. The van der Waals surface area contributed by atoms with Gasteiger partial charge < -0.3 is 0 Å². The zero-order chi connectivity index (χ0) is 8.67. The minimum Gasteiger partial charge on any atom is -0.0620 e. The topological polar surface area (TPSA) is 0 Å². The molecule has 2 aliphatic rings. The Kier molecular flexibility index (Phi) is 2.86. The third-order valence-corrected chi connectivity index (χ3v) is 3.33. The van der Waals surface area contributed by atoms with Gasteiger partial charge in [0.25, 0.3) is 0 Å². The second-order valence-corrected chi connectivity index (χ2v) is 4.12. The third kappa shape index (κ3) is 1.47. The fraction of sp³-hybridized carbons (Fsp3) is 0.385. The van der Waals surface area contributed by atoms with E-state index in [1.165, 1.54) is 32.1 Å². The van der Waals surface area contributed by atoms with Crippen molar-refractivity contribution < 1.29 is 0 Å². The van der Waals surface area contributed by atoms with Crippen molar-refractivity contribution in [1.29, 1.82) is 0 Å². The van der Waals surface area contributed by atoms with Gasteiger partial charge in [0, 0.05) is 18.9 Å². The maximum Gasteiger partial charge on any atom is 0 e. The Morgan fingerprint density at radius 2 is 1.71 bits per heavy atom. The van der Waals surface area contributed by atoms with Crippen LogP contribution >= 0.6 is 0 Å². The molecule has 0 aliphatic heterocycles. The minimum atomic E-state index is 0. The van der Waals surface area contributed by atoms with Gasteiger partial charge in [0.15, 0.2) is 0 Å². The summed E-state index contributed by atoms with van der Waals surface area (Å²) in [5.41, 5.74) is 6.53. The van der Waals surface area contributed by atoms with Gasteiger partial charge in [-0.1, -0.05) is 29.8 Å². The zero-order valence-corrected chi connectivity index (χ0v) is 8.84. The van der Waals surface area contributed by atoms with Gasteiger partial charge in [-0.05, 0) is 48.8 Å². The van der Waals surface area contributed by atoms with Gasteiger partial charge in [-0.25, -0.2) is 0 Å². The first-order valence-corrected chi connectivity index (χ1v) is 5.24. The second kappa shape index (κ2) is 3.97. The number of fused-ring (bicyclic) bond motifs is 2. The van der Waals surface area contributed by atoms with Gasteiger partial charge >= 0.3 is 0 Å². The maximum absolute atomic E-state index is 2.29. The molecule has 0 atom stereocenters. The fourth-order valence-electron chi connectivity index (χ4n) is 2.69. The molecule has 0 fully saturated rings. The van der Waals surface area contributed by atoms with Crippen molar-refractivity contribution in [3.63, 3.8) is 0 Å². The van der Waals surface area contributed by atoms with E-state index in [1.807, 2.05) is 0 Å². The maximum atomic E-state index is 2.29. The van der Waals surface area contributed by atoms with Gasteiger partial charge in [-0.2, -0.15) is 0 Å². The predicted molar refractivity (Wildman–Crippen MR) is 61.3 cm³/mol. The van der Waals surface area contributed by atoms with E-state index in [0.29, 0.717) is 0 Å². The summed E-state index contributed by atoms with van der Waals surface area (Å²) in [6, 6.07) is 8.91. The van der Waals surface area contributed by atoms with Crippen LogP contribution in [0.25, 0.3) is 5.57 Å². The van der Waals surface area contributed by atoms with Gasteiger partial charge in [0.1, 0.15) is 0 Å². The van der Waals surface area contributed by atoms with Crippen LogP contribution in [0.2, 0.25) is 0 Å². The molecule has 0 nitrogen and oxygen atoms in total. The first-order chi connectivity index (χ1) is 6.45. The molecule has 3 rings (SSSR count). The summed E-state index contributed by atoms with van der Waals surface area (Å²) in [6.07, 6.45) is 6.72. The van der Waals surface area contributed by atoms with Crippen LogP contribution < -0.4 is 0 Å².